The number of nitrogens with two attached hydrogens (primary N) is 1. The van der Waals surface area contributed by atoms with E-state index in [9.17, 15) is 0 Å². The van der Waals surface area contributed by atoms with Gasteiger partial charge in [-0.3, -0.25) is 5.84 Å². The van der Waals surface area contributed by atoms with Gasteiger partial charge in [-0.15, -0.1) is 0 Å². The minimum absolute atomic E-state index is 0.628. The lowest BCUT2D eigenvalue weighted by atomic mass is 10.1. The second-order valence-electron chi connectivity index (χ2n) is 3.74. The fourth-order valence-electron chi connectivity index (χ4n) is 1.85. The van der Waals surface area contributed by atoms with Gasteiger partial charge in [-0.1, -0.05) is 19.1 Å². The number of benzene rings is 1. The van der Waals surface area contributed by atoms with Gasteiger partial charge in [0.1, 0.15) is 11.3 Å². The maximum atomic E-state index is 5.59. The van der Waals surface area contributed by atoms with Crippen LogP contribution in [0.4, 0.5) is 5.69 Å². The van der Waals surface area contributed by atoms with Gasteiger partial charge >= 0.3 is 0 Å². The fourth-order valence-corrected chi connectivity index (χ4v) is 1.85. The molecule has 90 valence electrons. The van der Waals surface area contributed by atoms with E-state index in [1.807, 2.05) is 31.2 Å². The summed E-state index contributed by atoms with van der Waals surface area (Å²) in [5.74, 6) is 6.35. The Labute approximate surface area is 101 Å². The Morgan fingerprint density at radius 3 is 2.82 bits per heavy atom. The second kappa shape index (κ2) is 5.01. The summed E-state index contributed by atoms with van der Waals surface area (Å²) in [6.07, 6.45) is 0.866. The molecule has 1 aromatic heterocycles. The highest BCUT2D eigenvalue weighted by atomic mass is 16.5. The summed E-state index contributed by atoms with van der Waals surface area (Å²) in [5, 5.41) is 0.982. The molecule has 0 bridgehead atoms. The van der Waals surface area contributed by atoms with Crippen LogP contribution in [0.1, 0.15) is 19.5 Å². The molecule has 0 saturated carbocycles. The number of hydrogen-bond acceptors (Lipinski definition) is 4. The molecular formula is C13H17N3O. The molecule has 4 nitrogen and oxygen atoms in total. The van der Waals surface area contributed by atoms with Crippen molar-refractivity contribution < 1.29 is 4.74 Å². The zero-order chi connectivity index (χ0) is 12.3. The smallest absolute Gasteiger partial charge is 0.145 e. The van der Waals surface area contributed by atoms with Crippen LogP contribution < -0.4 is 16.0 Å². The fraction of sp³-hybridized carbons (Fsp3) is 0.308. The molecule has 4 heteroatoms. The van der Waals surface area contributed by atoms with Crippen molar-refractivity contribution >= 4 is 16.6 Å². The maximum absolute atomic E-state index is 5.59. The van der Waals surface area contributed by atoms with Gasteiger partial charge in [-0.25, -0.2) is 4.98 Å². The van der Waals surface area contributed by atoms with E-state index in [4.69, 9.17) is 10.6 Å². The zero-order valence-corrected chi connectivity index (χ0v) is 10.2. The molecule has 0 aliphatic rings. The third-order valence-electron chi connectivity index (χ3n) is 2.67. The molecule has 0 fully saturated rings. The number of hydrogen-bond donors (Lipinski definition) is 2. The number of nitrogen functional groups attached to an aromatic ring is 1. The molecule has 0 atom stereocenters. The molecule has 0 unspecified atom stereocenters. The molecule has 0 radical (unpaired) electrons. The first-order chi connectivity index (χ1) is 8.30. The van der Waals surface area contributed by atoms with Gasteiger partial charge in [0.2, 0.25) is 0 Å². The van der Waals surface area contributed by atoms with Crippen LogP contribution in [-0.4, -0.2) is 11.6 Å². The van der Waals surface area contributed by atoms with E-state index in [0.29, 0.717) is 6.61 Å². The van der Waals surface area contributed by atoms with Crippen molar-refractivity contribution in [2.45, 2.75) is 20.3 Å². The number of ether oxygens (including phenoxy) is 1. The molecule has 0 aliphatic carbocycles. The standard InChI is InChI=1S/C13H17N3O/c1-3-9-8-11(16-14)10-6-5-7-12(17-4-2)13(10)15-9/h5-8H,3-4,14H2,1-2H3,(H,15,16). The van der Waals surface area contributed by atoms with Crippen LogP contribution in [0.3, 0.4) is 0 Å². The van der Waals surface area contributed by atoms with E-state index in [-0.39, 0.29) is 0 Å². The van der Waals surface area contributed by atoms with Crippen molar-refractivity contribution in [2.24, 2.45) is 5.84 Å². The summed E-state index contributed by atoms with van der Waals surface area (Å²) in [4.78, 5) is 4.60. The van der Waals surface area contributed by atoms with Crippen molar-refractivity contribution in [3.63, 3.8) is 0 Å². The number of hydrazine groups is 1. The number of nitrogens with one attached hydrogen (secondary N) is 1. The van der Waals surface area contributed by atoms with E-state index in [2.05, 4.69) is 17.3 Å². The van der Waals surface area contributed by atoms with Crippen LogP contribution in [0.25, 0.3) is 10.9 Å². The first-order valence-electron chi connectivity index (χ1n) is 5.82. The number of rotatable bonds is 4. The summed E-state index contributed by atoms with van der Waals surface area (Å²) >= 11 is 0. The lowest BCUT2D eigenvalue weighted by Gasteiger charge is -2.11. The number of anilines is 1. The average molecular weight is 231 g/mol. The number of nitrogens with zero attached hydrogens (tertiary/aromatic N) is 1. The normalized spacial score (nSPS) is 10.5. The number of aromatic nitrogens is 1. The summed E-state index contributed by atoms with van der Waals surface area (Å²) in [7, 11) is 0. The largest absolute Gasteiger partial charge is 0.492 e. The molecule has 0 amide bonds. The minimum atomic E-state index is 0.628. The Balaban J connectivity index is 2.70. The van der Waals surface area contributed by atoms with Gasteiger partial charge in [-0.05, 0) is 25.5 Å². The highest BCUT2D eigenvalue weighted by Crippen LogP contribution is 2.29. The Kier molecular flexibility index (Phi) is 3.44. The van der Waals surface area contributed by atoms with Gasteiger partial charge in [0.15, 0.2) is 0 Å². The van der Waals surface area contributed by atoms with Crippen molar-refractivity contribution in [3.8, 4) is 5.75 Å². The molecule has 0 aliphatic heterocycles. The van der Waals surface area contributed by atoms with E-state index in [1.165, 1.54) is 0 Å². The number of aryl methyl sites for hydroxylation is 1. The minimum Gasteiger partial charge on any atom is -0.492 e. The lowest BCUT2D eigenvalue weighted by molar-refractivity contribution is 0.343. The molecular weight excluding hydrogens is 214 g/mol. The summed E-state index contributed by atoms with van der Waals surface area (Å²) < 4.78 is 5.59. The quantitative estimate of drug-likeness (QED) is 0.627. The highest BCUT2D eigenvalue weighted by molar-refractivity contribution is 5.94. The summed E-state index contributed by atoms with van der Waals surface area (Å²) in [6.45, 7) is 4.66. The first kappa shape index (κ1) is 11.7. The number of pyridine rings is 1. The topological polar surface area (TPSA) is 60.2 Å². The third kappa shape index (κ3) is 2.17. The SMILES string of the molecule is CCOc1cccc2c(NN)cc(CC)nc12. The Hall–Kier alpha value is -1.81. The highest BCUT2D eigenvalue weighted by Gasteiger charge is 2.08. The van der Waals surface area contributed by atoms with Crippen LogP contribution in [0, 0.1) is 0 Å². The van der Waals surface area contributed by atoms with Crippen LogP contribution >= 0.6 is 0 Å². The zero-order valence-electron chi connectivity index (χ0n) is 10.2. The Morgan fingerprint density at radius 2 is 2.18 bits per heavy atom. The summed E-state index contributed by atoms with van der Waals surface area (Å²) in [6, 6.07) is 7.83. The monoisotopic (exact) mass is 231 g/mol. The number of fused-ring (bicyclic) bond motifs is 1. The predicted octanol–water partition coefficient (Wildman–Crippen LogP) is 2.48. The van der Waals surface area contributed by atoms with E-state index in [1.54, 1.807) is 0 Å². The Bertz CT molecular complexity index is 525. The van der Waals surface area contributed by atoms with Crippen molar-refractivity contribution in [2.75, 3.05) is 12.0 Å². The van der Waals surface area contributed by atoms with Gasteiger partial charge in [0, 0.05) is 11.1 Å². The van der Waals surface area contributed by atoms with Crippen LogP contribution in [0.15, 0.2) is 24.3 Å². The summed E-state index contributed by atoms with van der Waals surface area (Å²) in [5.41, 5.74) is 5.46. The van der Waals surface area contributed by atoms with E-state index >= 15 is 0 Å². The second-order valence-corrected chi connectivity index (χ2v) is 3.74. The van der Waals surface area contributed by atoms with Crippen LogP contribution in [0.5, 0.6) is 5.75 Å². The molecule has 2 aromatic rings. The van der Waals surface area contributed by atoms with E-state index in [0.717, 1.165) is 34.5 Å². The molecule has 1 heterocycles. The molecule has 2 rings (SSSR count). The predicted molar refractivity (Wildman–Crippen MR) is 70.1 cm³/mol. The Morgan fingerprint density at radius 1 is 1.35 bits per heavy atom. The molecule has 3 N–H and O–H groups in total. The molecule has 0 saturated heterocycles. The van der Waals surface area contributed by atoms with Gasteiger partial charge < -0.3 is 10.2 Å². The molecule has 1 aromatic carbocycles. The third-order valence-corrected chi connectivity index (χ3v) is 2.67. The maximum Gasteiger partial charge on any atom is 0.145 e. The van der Waals surface area contributed by atoms with Gasteiger partial charge in [0.25, 0.3) is 0 Å². The molecule has 17 heavy (non-hydrogen) atoms. The molecule has 0 spiro atoms. The average Bonchev–Trinajstić information content (AvgIpc) is 2.38. The van der Waals surface area contributed by atoms with Gasteiger partial charge in [0.05, 0.1) is 12.3 Å². The van der Waals surface area contributed by atoms with Crippen molar-refractivity contribution in [3.05, 3.63) is 30.0 Å². The van der Waals surface area contributed by atoms with Gasteiger partial charge in [-0.2, -0.15) is 0 Å². The van der Waals surface area contributed by atoms with E-state index < -0.39 is 0 Å². The van der Waals surface area contributed by atoms with Crippen molar-refractivity contribution in [1.82, 2.24) is 4.98 Å². The number of para-hydroxylation sites is 1. The lowest BCUT2D eigenvalue weighted by Crippen LogP contribution is -2.08. The van der Waals surface area contributed by atoms with Crippen molar-refractivity contribution in [1.29, 1.82) is 0 Å². The van der Waals surface area contributed by atoms with Crippen LogP contribution in [0.2, 0.25) is 0 Å². The van der Waals surface area contributed by atoms with Crippen LogP contribution in [-0.2, 0) is 6.42 Å². The first-order valence-corrected chi connectivity index (χ1v) is 5.82.